The molecule has 0 spiro atoms. The van der Waals surface area contributed by atoms with Gasteiger partial charge in [0.05, 0.1) is 18.3 Å². The van der Waals surface area contributed by atoms with E-state index in [1.807, 2.05) is 24.3 Å². The number of pyridine rings is 1. The summed E-state index contributed by atoms with van der Waals surface area (Å²) in [6.45, 7) is 6.36. The second-order valence-corrected chi connectivity index (χ2v) is 9.99. The van der Waals surface area contributed by atoms with E-state index in [1.54, 1.807) is 12.1 Å². The largest absolute Gasteiger partial charge is 0.484 e. The fourth-order valence-electron chi connectivity index (χ4n) is 3.75. The normalized spacial score (nSPS) is 12.6. The molecule has 2 aromatic carbocycles. The second-order valence-electron chi connectivity index (χ2n) is 9.99. The molecule has 0 radical (unpaired) electrons. The predicted molar refractivity (Wildman–Crippen MR) is 138 cm³/mol. The van der Waals surface area contributed by atoms with Crippen LogP contribution in [0.1, 0.15) is 67.6 Å². The van der Waals surface area contributed by atoms with Gasteiger partial charge in [-0.15, -0.1) is 0 Å². The Hall–Kier alpha value is -3.88. The maximum atomic E-state index is 13.0. The smallest absolute Gasteiger partial charge is 0.389 e. The molecule has 202 valence electrons. The number of rotatable bonds is 10. The van der Waals surface area contributed by atoms with Crippen LogP contribution in [0.25, 0.3) is 11.3 Å². The molecule has 1 aromatic heterocycles. The fourth-order valence-corrected chi connectivity index (χ4v) is 3.75. The van der Waals surface area contributed by atoms with Gasteiger partial charge in [0.25, 0.3) is 5.91 Å². The number of carbonyl (C=O) groups excluding carboxylic acids is 1. The van der Waals surface area contributed by atoms with Crippen molar-refractivity contribution in [1.82, 2.24) is 10.3 Å². The first kappa shape index (κ1) is 28.7. The lowest BCUT2D eigenvalue weighted by Gasteiger charge is -2.21. The predicted octanol–water partition coefficient (Wildman–Crippen LogP) is 6.71. The highest BCUT2D eigenvalue weighted by molar-refractivity contribution is 5.94. The fraction of sp³-hybridized carbons (Fsp3) is 0.345. The van der Waals surface area contributed by atoms with Gasteiger partial charge < -0.3 is 15.2 Å². The zero-order valence-corrected chi connectivity index (χ0v) is 21.5. The Labute approximate surface area is 219 Å². The number of carbonyl (C=O) groups is 2. The van der Waals surface area contributed by atoms with Crippen molar-refractivity contribution in [1.29, 1.82) is 0 Å². The molecule has 0 fully saturated rings. The van der Waals surface area contributed by atoms with Crippen LogP contribution in [0.3, 0.4) is 0 Å². The highest BCUT2D eigenvalue weighted by Gasteiger charge is 2.29. The maximum Gasteiger partial charge on any atom is 0.389 e. The van der Waals surface area contributed by atoms with E-state index in [4.69, 9.17) is 9.84 Å². The van der Waals surface area contributed by atoms with Gasteiger partial charge in [-0.3, -0.25) is 14.6 Å². The van der Waals surface area contributed by atoms with E-state index in [1.165, 1.54) is 36.0 Å². The number of nitrogens with zero attached hydrogens (tertiary/aromatic N) is 1. The molecule has 9 heteroatoms. The highest BCUT2D eigenvalue weighted by atomic mass is 19.4. The minimum atomic E-state index is -4.35. The van der Waals surface area contributed by atoms with Crippen LogP contribution in [0.2, 0.25) is 0 Å². The zero-order valence-electron chi connectivity index (χ0n) is 21.5. The third-order valence-corrected chi connectivity index (χ3v) is 5.92. The number of hydrogen-bond acceptors (Lipinski definition) is 4. The lowest BCUT2D eigenvalue weighted by Crippen LogP contribution is -2.26. The Morgan fingerprint density at radius 3 is 2.16 bits per heavy atom. The van der Waals surface area contributed by atoms with Gasteiger partial charge in [-0.25, -0.2) is 0 Å². The number of halogens is 3. The Bertz CT molecular complexity index is 1220. The standard InChI is InChI=1S/C29H31F3N2O4/c1-28(2,3)22-10-8-19(9-11-22)24-13-12-23(18-34-24)38-25(14-16-29(30,31)32)20-4-6-21(7-5-20)27(37)33-17-15-26(35)36/h4-13,18,25H,14-17H2,1-3H3,(H,33,37)(H,35,36). The summed E-state index contributed by atoms with van der Waals surface area (Å²) in [4.78, 5) is 27.2. The topological polar surface area (TPSA) is 88.5 Å². The number of hydrogen-bond donors (Lipinski definition) is 2. The number of nitrogens with one attached hydrogen (secondary N) is 1. The molecule has 38 heavy (non-hydrogen) atoms. The van der Waals surface area contributed by atoms with Crippen molar-refractivity contribution in [3.8, 4) is 17.0 Å². The van der Waals surface area contributed by atoms with E-state index < -0.39 is 30.6 Å². The summed E-state index contributed by atoms with van der Waals surface area (Å²) in [5, 5.41) is 11.2. The minimum absolute atomic E-state index is 0.0252. The monoisotopic (exact) mass is 528 g/mol. The van der Waals surface area contributed by atoms with Crippen molar-refractivity contribution in [2.45, 2.75) is 57.7 Å². The number of carboxylic acids is 1. The zero-order chi connectivity index (χ0) is 27.9. The van der Waals surface area contributed by atoms with Crippen LogP contribution >= 0.6 is 0 Å². The molecule has 3 aromatic rings. The van der Waals surface area contributed by atoms with Crippen LogP contribution in [-0.4, -0.2) is 34.7 Å². The lowest BCUT2D eigenvalue weighted by atomic mass is 9.86. The van der Waals surface area contributed by atoms with Gasteiger partial charge >= 0.3 is 12.1 Å². The van der Waals surface area contributed by atoms with Crippen molar-refractivity contribution >= 4 is 11.9 Å². The third kappa shape index (κ3) is 8.61. The Morgan fingerprint density at radius 1 is 0.974 bits per heavy atom. The van der Waals surface area contributed by atoms with Crippen LogP contribution in [0.5, 0.6) is 5.75 Å². The molecule has 0 aliphatic rings. The van der Waals surface area contributed by atoms with E-state index in [2.05, 4.69) is 31.1 Å². The molecular formula is C29H31F3N2O4. The van der Waals surface area contributed by atoms with Crippen molar-refractivity contribution < 1.29 is 32.6 Å². The van der Waals surface area contributed by atoms with Gasteiger partial charge in [-0.2, -0.15) is 13.2 Å². The number of benzene rings is 2. The molecule has 0 bridgehead atoms. The number of amides is 1. The van der Waals surface area contributed by atoms with Crippen LogP contribution in [-0.2, 0) is 10.2 Å². The molecule has 1 amide bonds. The van der Waals surface area contributed by atoms with Crippen LogP contribution < -0.4 is 10.1 Å². The summed E-state index contributed by atoms with van der Waals surface area (Å²) in [5.74, 6) is -1.19. The summed E-state index contributed by atoms with van der Waals surface area (Å²) in [6, 6.07) is 17.5. The summed E-state index contributed by atoms with van der Waals surface area (Å²) in [7, 11) is 0. The van der Waals surface area contributed by atoms with E-state index in [0.717, 1.165) is 5.56 Å². The first-order chi connectivity index (χ1) is 17.8. The molecule has 1 unspecified atom stereocenters. The summed E-state index contributed by atoms with van der Waals surface area (Å²) >= 11 is 0. The average molecular weight is 529 g/mol. The van der Waals surface area contributed by atoms with Crippen LogP contribution in [0.15, 0.2) is 66.9 Å². The quantitative estimate of drug-likeness (QED) is 0.305. The molecule has 0 aliphatic heterocycles. The molecule has 0 saturated carbocycles. The Morgan fingerprint density at radius 2 is 1.63 bits per heavy atom. The summed E-state index contributed by atoms with van der Waals surface area (Å²) < 4.78 is 44.9. The van der Waals surface area contributed by atoms with Gasteiger partial charge in [0.15, 0.2) is 0 Å². The average Bonchev–Trinajstić information content (AvgIpc) is 2.86. The Balaban J connectivity index is 1.73. The van der Waals surface area contributed by atoms with Gasteiger partial charge in [0, 0.05) is 24.1 Å². The number of aromatic nitrogens is 1. The van der Waals surface area contributed by atoms with Crippen molar-refractivity contribution in [2.75, 3.05) is 6.54 Å². The first-order valence-electron chi connectivity index (χ1n) is 12.2. The van der Waals surface area contributed by atoms with Crippen LogP contribution in [0.4, 0.5) is 13.2 Å². The first-order valence-corrected chi connectivity index (χ1v) is 12.2. The molecule has 2 N–H and O–H groups in total. The summed E-state index contributed by atoms with van der Waals surface area (Å²) in [6.07, 6.45) is -5.36. The molecule has 6 nitrogen and oxygen atoms in total. The number of ether oxygens (including phenoxy) is 1. The van der Waals surface area contributed by atoms with E-state index in [9.17, 15) is 22.8 Å². The van der Waals surface area contributed by atoms with Crippen molar-refractivity contribution in [2.24, 2.45) is 0 Å². The van der Waals surface area contributed by atoms with Crippen LogP contribution in [0, 0.1) is 0 Å². The van der Waals surface area contributed by atoms with E-state index >= 15 is 0 Å². The number of carboxylic acid groups (broad SMARTS) is 1. The van der Waals surface area contributed by atoms with E-state index in [0.29, 0.717) is 17.0 Å². The minimum Gasteiger partial charge on any atom is -0.484 e. The lowest BCUT2D eigenvalue weighted by molar-refractivity contribution is -0.139. The van der Waals surface area contributed by atoms with Gasteiger partial charge in [0.2, 0.25) is 0 Å². The molecule has 3 rings (SSSR count). The van der Waals surface area contributed by atoms with E-state index in [-0.39, 0.29) is 30.4 Å². The van der Waals surface area contributed by atoms with Gasteiger partial charge in [-0.1, -0.05) is 57.2 Å². The number of alkyl halides is 3. The third-order valence-electron chi connectivity index (χ3n) is 5.92. The molecule has 0 aliphatic carbocycles. The molecular weight excluding hydrogens is 497 g/mol. The van der Waals surface area contributed by atoms with Gasteiger partial charge in [0.1, 0.15) is 11.9 Å². The van der Waals surface area contributed by atoms with Gasteiger partial charge in [-0.05, 0) is 47.2 Å². The molecule has 1 atom stereocenters. The second kappa shape index (κ2) is 12.1. The maximum absolute atomic E-state index is 13.0. The number of aliphatic carboxylic acids is 1. The SMILES string of the molecule is CC(C)(C)c1ccc(-c2ccc(OC(CCC(F)(F)F)c3ccc(C(=O)NCCC(=O)O)cc3)cn2)cc1. The molecule has 1 heterocycles. The van der Waals surface area contributed by atoms with Crippen molar-refractivity contribution in [3.05, 3.63) is 83.6 Å². The highest BCUT2D eigenvalue weighted by Crippen LogP contribution is 2.32. The Kier molecular flexibility index (Phi) is 9.14. The molecule has 0 saturated heterocycles. The van der Waals surface area contributed by atoms with Crippen molar-refractivity contribution in [3.63, 3.8) is 0 Å². The summed E-state index contributed by atoms with van der Waals surface area (Å²) in [5.41, 5.74) is 3.57.